The Hall–Kier alpha value is -1.92. The van der Waals surface area contributed by atoms with Crippen molar-refractivity contribution in [2.45, 2.75) is 25.7 Å². The standard InChI is InChI=1S/C16H19O7P/c17-11-5-1-2-6-12-21-24(19,20)23-22-15-10-9-13-7-3-4-8-14(13)16(15)18/h3-4,7-11,18H,1-2,5-6,12H2,(H,19,20). The minimum Gasteiger partial charge on any atom is -0.504 e. The van der Waals surface area contributed by atoms with Crippen molar-refractivity contribution in [3.63, 3.8) is 0 Å². The maximum absolute atomic E-state index is 11.7. The molecule has 0 bridgehead atoms. The van der Waals surface area contributed by atoms with Gasteiger partial charge in [0, 0.05) is 11.8 Å². The fraction of sp³-hybridized carbons (Fsp3) is 0.312. The van der Waals surface area contributed by atoms with Crippen LogP contribution in [0.15, 0.2) is 36.4 Å². The van der Waals surface area contributed by atoms with Gasteiger partial charge in [0.05, 0.1) is 6.61 Å². The molecule has 1 unspecified atom stereocenters. The quantitative estimate of drug-likeness (QED) is 0.220. The molecule has 1 atom stereocenters. The lowest BCUT2D eigenvalue weighted by molar-refractivity contribution is -0.128. The molecule has 2 aromatic carbocycles. The molecule has 0 saturated heterocycles. The first kappa shape index (κ1) is 18.4. The molecule has 8 heteroatoms. The molecule has 0 saturated carbocycles. The van der Waals surface area contributed by atoms with Gasteiger partial charge < -0.3 is 19.7 Å². The number of hydrogen-bond acceptors (Lipinski definition) is 6. The molecule has 0 radical (unpaired) electrons. The van der Waals surface area contributed by atoms with Crippen molar-refractivity contribution in [3.05, 3.63) is 36.4 Å². The van der Waals surface area contributed by atoms with Gasteiger partial charge in [0.15, 0.2) is 5.75 Å². The summed E-state index contributed by atoms with van der Waals surface area (Å²) in [6.07, 6.45) is 3.20. The highest BCUT2D eigenvalue weighted by Crippen LogP contribution is 2.45. The van der Waals surface area contributed by atoms with E-state index in [1.54, 1.807) is 18.2 Å². The summed E-state index contributed by atoms with van der Waals surface area (Å²) in [7, 11) is -4.40. The number of phenols is 1. The Bertz CT molecular complexity index is 731. The smallest absolute Gasteiger partial charge is 0.504 e. The molecular weight excluding hydrogens is 335 g/mol. The third-order valence-electron chi connectivity index (χ3n) is 3.31. The molecular formula is C16H19O7P. The van der Waals surface area contributed by atoms with Gasteiger partial charge in [-0.2, -0.15) is 0 Å². The lowest BCUT2D eigenvalue weighted by Gasteiger charge is -2.12. The van der Waals surface area contributed by atoms with E-state index >= 15 is 0 Å². The van der Waals surface area contributed by atoms with Crippen LogP contribution in [-0.2, 0) is 18.6 Å². The van der Waals surface area contributed by atoms with Crippen LogP contribution < -0.4 is 4.89 Å². The minimum absolute atomic E-state index is 0.000300. The van der Waals surface area contributed by atoms with E-state index in [-0.39, 0.29) is 18.1 Å². The van der Waals surface area contributed by atoms with Crippen molar-refractivity contribution in [2.75, 3.05) is 6.61 Å². The molecule has 2 rings (SSSR count). The number of aromatic hydroxyl groups is 1. The molecule has 130 valence electrons. The minimum atomic E-state index is -4.40. The highest BCUT2D eigenvalue weighted by Gasteiger charge is 2.24. The van der Waals surface area contributed by atoms with Gasteiger partial charge in [-0.3, -0.25) is 4.52 Å². The number of hydrogen-bond donors (Lipinski definition) is 2. The van der Waals surface area contributed by atoms with Gasteiger partial charge in [0.2, 0.25) is 5.75 Å². The van der Waals surface area contributed by atoms with Crippen LogP contribution in [-0.4, -0.2) is 22.9 Å². The van der Waals surface area contributed by atoms with E-state index < -0.39 is 7.82 Å². The third-order valence-corrected chi connectivity index (χ3v) is 4.08. The zero-order valence-electron chi connectivity index (χ0n) is 13.0. The summed E-state index contributed by atoms with van der Waals surface area (Å²) in [4.78, 5) is 24.5. The lowest BCUT2D eigenvalue weighted by atomic mass is 10.1. The first-order valence-electron chi connectivity index (χ1n) is 7.51. The largest absolute Gasteiger partial charge is 0.508 e. The monoisotopic (exact) mass is 354 g/mol. The molecule has 0 aliphatic heterocycles. The number of unbranched alkanes of at least 4 members (excludes halogenated alkanes) is 3. The Labute approximate surface area is 139 Å². The maximum atomic E-state index is 11.7. The second kappa shape index (κ2) is 8.80. The van der Waals surface area contributed by atoms with Crippen molar-refractivity contribution in [2.24, 2.45) is 0 Å². The van der Waals surface area contributed by atoms with Gasteiger partial charge in [0.1, 0.15) is 6.29 Å². The van der Waals surface area contributed by atoms with E-state index in [9.17, 15) is 19.4 Å². The maximum Gasteiger partial charge on any atom is 0.508 e. The summed E-state index contributed by atoms with van der Waals surface area (Å²) in [6.45, 7) is -0.000300. The lowest BCUT2D eigenvalue weighted by Crippen LogP contribution is -2.01. The molecule has 2 N–H and O–H groups in total. The summed E-state index contributed by atoms with van der Waals surface area (Å²) in [6, 6.07) is 10.2. The van der Waals surface area contributed by atoms with Gasteiger partial charge in [0.25, 0.3) is 0 Å². The summed E-state index contributed by atoms with van der Waals surface area (Å²) in [5.74, 6) is -0.278. The fourth-order valence-electron chi connectivity index (χ4n) is 2.10. The van der Waals surface area contributed by atoms with Gasteiger partial charge in [-0.15, -0.1) is 0 Å². The third kappa shape index (κ3) is 5.32. The number of carbonyl (C=O) groups excluding carboxylic acids is 1. The number of phenolic OH excluding ortho intramolecular Hbond substituents is 1. The number of aldehydes is 1. The van der Waals surface area contributed by atoms with Crippen LogP contribution in [0.3, 0.4) is 0 Å². The van der Waals surface area contributed by atoms with Crippen LogP contribution in [0.2, 0.25) is 0 Å². The van der Waals surface area contributed by atoms with Crippen LogP contribution in [0, 0.1) is 0 Å². The molecule has 0 aliphatic carbocycles. The van der Waals surface area contributed by atoms with Crippen molar-refractivity contribution >= 4 is 24.9 Å². The average Bonchev–Trinajstić information content (AvgIpc) is 2.58. The Morgan fingerprint density at radius 3 is 2.67 bits per heavy atom. The van der Waals surface area contributed by atoms with Gasteiger partial charge in [-0.1, -0.05) is 41.4 Å². The number of phosphoric acid groups is 1. The van der Waals surface area contributed by atoms with E-state index in [1.807, 2.05) is 12.1 Å². The Morgan fingerprint density at radius 2 is 1.88 bits per heavy atom. The molecule has 0 fully saturated rings. The number of fused-ring (bicyclic) bond motifs is 1. The Morgan fingerprint density at radius 1 is 1.08 bits per heavy atom. The van der Waals surface area contributed by atoms with E-state index in [0.29, 0.717) is 31.1 Å². The highest BCUT2D eigenvalue weighted by molar-refractivity contribution is 7.47. The summed E-state index contributed by atoms with van der Waals surface area (Å²) in [5, 5.41) is 11.4. The average molecular weight is 354 g/mol. The van der Waals surface area contributed by atoms with E-state index in [4.69, 9.17) is 9.41 Å². The van der Waals surface area contributed by atoms with E-state index in [0.717, 1.165) is 11.7 Å². The van der Waals surface area contributed by atoms with Crippen molar-refractivity contribution in [1.29, 1.82) is 0 Å². The van der Waals surface area contributed by atoms with Gasteiger partial charge in [-0.05, 0) is 24.3 Å². The van der Waals surface area contributed by atoms with Crippen LogP contribution in [0.25, 0.3) is 10.8 Å². The van der Waals surface area contributed by atoms with Crippen LogP contribution in [0.1, 0.15) is 25.7 Å². The van der Waals surface area contributed by atoms with Gasteiger partial charge in [-0.25, -0.2) is 4.57 Å². The van der Waals surface area contributed by atoms with Gasteiger partial charge >= 0.3 is 7.82 Å². The van der Waals surface area contributed by atoms with E-state index in [2.05, 4.69) is 4.67 Å². The number of phosphoric ester groups is 1. The Kier molecular flexibility index (Phi) is 6.75. The Balaban J connectivity index is 1.86. The number of rotatable bonds is 10. The zero-order chi connectivity index (χ0) is 17.4. The summed E-state index contributed by atoms with van der Waals surface area (Å²) >= 11 is 0. The number of carbonyl (C=O) groups is 1. The van der Waals surface area contributed by atoms with E-state index in [1.165, 1.54) is 6.07 Å². The second-order valence-corrected chi connectivity index (χ2v) is 6.45. The SMILES string of the molecule is O=CCCCCCOP(=O)(O)OOc1ccc2ccccc2c1O. The van der Waals surface area contributed by atoms with Crippen LogP contribution in [0.4, 0.5) is 0 Å². The summed E-state index contributed by atoms with van der Waals surface area (Å²) < 4.78 is 20.9. The second-order valence-electron chi connectivity index (χ2n) is 5.11. The first-order valence-corrected chi connectivity index (χ1v) is 9.01. The molecule has 0 aliphatic rings. The van der Waals surface area contributed by atoms with Crippen molar-refractivity contribution in [3.8, 4) is 11.5 Å². The van der Waals surface area contributed by atoms with Crippen molar-refractivity contribution < 1.29 is 33.4 Å². The molecule has 0 aromatic heterocycles. The van der Waals surface area contributed by atoms with Crippen LogP contribution >= 0.6 is 7.82 Å². The molecule has 7 nitrogen and oxygen atoms in total. The normalized spacial score (nSPS) is 13.5. The first-order chi connectivity index (χ1) is 11.5. The highest BCUT2D eigenvalue weighted by atomic mass is 31.2. The molecule has 24 heavy (non-hydrogen) atoms. The molecule has 0 amide bonds. The molecule has 2 aromatic rings. The fourth-order valence-corrected chi connectivity index (χ4v) is 2.67. The number of benzene rings is 2. The summed E-state index contributed by atoms with van der Waals surface area (Å²) in [5.41, 5.74) is 0. The zero-order valence-corrected chi connectivity index (χ0v) is 13.9. The topological polar surface area (TPSA) is 102 Å². The predicted octanol–water partition coefficient (Wildman–Crippen LogP) is 3.73. The molecule has 0 spiro atoms. The predicted molar refractivity (Wildman–Crippen MR) is 87.6 cm³/mol. The van der Waals surface area contributed by atoms with Crippen molar-refractivity contribution in [1.82, 2.24) is 0 Å². The molecule has 0 heterocycles. The van der Waals surface area contributed by atoms with Crippen LogP contribution in [0.5, 0.6) is 11.5 Å².